The van der Waals surface area contributed by atoms with E-state index in [0.717, 1.165) is 0 Å². The zero-order chi connectivity index (χ0) is 13.8. The number of alkyl halides is 2. The first-order chi connectivity index (χ1) is 9.09. The summed E-state index contributed by atoms with van der Waals surface area (Å²) in [6, 6.07) is 5.07. The van der Waals surface area contributed by atoms with Crippen molar-refractivity contribution in [3.05, 3.63) is 34.7 Å². The molecular weight excluding hydrogens is 357 g/mol. The molecule has 0 saturated carbocycles. The molecule has 0 aliphatic carbocycles. The Morgan fingerprint density at radius 3 is 2.58 bits per heavy atom. The Bertz CT molecular complexity index is 457. The van der Waals surface area contributed by atoms with Gasteiger partial charge < -0.3 is 0 Å². The SMILES string of the molecule is CN(C)C(On1ccccc1=O)I(C)N1CCCC1. The van der Waals surface area contributed by atoms with Crippen molar-refractivity contribution in [3.8, 4) is 0 Å². The van der Waals surface area contributed by atoms with Crippen LogP contribution in [0.2, 0.25) is 0 Å². The van der Waals surface area contributed by atoms with Gasteiger partial charge in [-0.25, -0.2) is 0 Å². The quantitative estimate of drug-likeness (QED) is 0.254. The van der Waals surface area contributed by atoms with Crippen LogP contribution >= 0.6 is 20.1 Å². The number of rotatable bonds is 5. The molecule has 0 radical (unpaired) electrons. The van der Waals surface area contributed by atoms with E-state index < -0.39 is 20.1 Å². The predicted molar refractivity (Wildman–Crippen MR) is 85.5 cm³/mol. The van der Waals surface area contributed by atoms with E-state index in [9.17, 15) is 4.79 Å². The topological polar surface area (TPSA) is 37.7 Å². The van der Waals surface area contributed by atoms with Crippen LogP contribution in [0.1, 0.15) is 12.8 Å². The van der Waals surface area contributed by atoms with Crippen molar-refractivity contribution in [2.45, 2.75) is 17.1 Å². The van der Waals surface area contributed by atoms with Gasteiger partial charge in [0.25, 0.3) is 0 Å². The molecule has 19 heavy (non-hydrogen) atoms. The van der Waals surface area contributed by atoms with Gasteiger partial charge in [0.2, 0.25) is 0 Å². The Balaban J connectivity index is 2.12. The van der Waals surface area contributed by atoms with Crippen molar-refractivity contribution in [1.29, 1.82) is 0 Å². The maximum absolute atomic E-state index is 11.7. The van der Waals surface area contributed by atoms with Crippen LogP contribution in [0.25, 0.3) is 0 Å². The van der Waals surface area contributed by atoms with E-state index in [4.69, 9.17) is 4.84 Å². The Morgan fingerprint density at radius 2 is 2.00 bits per heavy atom. The van der Waals surface area contributed by atoms with Crippen LogP contribution in [0, 0.1) is 0 Å². The van der Waals surface area contributed by atoms with E-state index in [1.54, 1.807) is 12.3 Å². The molecule has 6 heteroatoms. The van der Waals surface area contributed by atoms with Gasteiger partial charge in [0.15, 0.2) is 0 Å². The molecule has 1 aliphatic rings. The van der Waals surface area contributed by atoms with Crippen LogP contribution in [0.3, 0.4) is 0 Å². The van der Waals surface area contributed by atoms with Gasteiger partial charge >= 0.3 is 122 Å². The van der Waals surface area contributed by atoms with E-state index >= 15 is 0 Å². The van der Waals surface area contributed by atoms with Gasteiger partial charge in [-0.15, -0.1) is 0 Å². The van der Waals surface area contributed by atoms with Crippen molar-refractivity contribution in [2.24, 2.45) is 0 Å². The number of aromatic nitrogens is 1. The van der Waals surface area contributed by atoms with Crippen molar-refractivity contribution < 1.29 is 4.84 Å². The van der Waals surface area contributed by atoms with E-state index in [-0.39, 0.29) is 9.79 Å². The Labute approximate surface area is 121 Å². The Kier molecular flexibility index (Phi) is 5.23. The number of pyridine rings is 1. The molecule has 1 saturated heterocycles. The number of halogens is 1. The first-order valence-corrected chi connectivity index (χ1v) is 10.8. The third-order valence-corrected chi connectivity index (χ3v) is 9.09. The number of hydrogen-bond acceptors (Lipinski definition) is 4. The summed E-state index contributed by atoms with van der Waals surface area (Å²) < 4.78 is 3.94. The minimum atomic E-state index is -1.43. The molecule has 5 nitrogen and oxygen atoms in total. The monoisotopic (exact) mass is 379 g/mol. The fourth-order valence-electron chi connectivity index (χ4n) is 2.09. The first-order valence-electron chi connectivity index (χ1n) is 6.44. The molecule has 0 spiro atoms. The zero-order valence-corrected chi connectivity index (χ0v) is 13.9. The molecule has 108 valence electrons. The van der Waals surface area contributed by atoms with Crippen LogP contribution in [-0.4, -0.2) is 49.1 Å². The maximum atomic E-state index is 11.7. The fraction of sp³-hybridized carbons (Fsp3) is 0.615. The second-order valence-electron chi connectivity index (χ2n) is 4.83. The van der Waals surface area contributed by atoms with Gasteiger partial charge in [0.05, 0.1) is 0 Å². The molecular formula is C13H22IN3O2. The van der Waals surface area contributed by atoms with Crippen LogP contribution in [-0.2, 0) is 0 Å². The molecule has 1 aliphatic heterocycles. The molecule has 1 aromatic heterocycles. The van der Waals surface area contributed by atoms with Gasteiger partial charge in [-0.1, -0.05) is 0 Å². The van der Waals surface area contributed by atoms with Gasteiger partial charge in [-0.3, -0.25) is 0 Å². The van der Waals surface area contributed by atoms with Crippen molar-refractivity contribution in [1.82, 2.24) is 12.7 Å². The molecule has 1 fully saturated rings. The van der Waals surface area contributed by atoms with Crippen molar-refractivity contribution in [2.75, 3.05) is 32.1 Å². The van der Waals surface area contributed by atoms with E-state index in [1.807, 2.05) is 20.2 Å². The summed E-state index contributed by atoms with van der Waals surface area (Å²) in [6.45, 7) is 2.36. The van der Waals surface area contributed by atoms with Crippen LogP contribution in [0.4, 0.5) is 0 Å². The summed E-state index contributed by atoms with van der Waals surface area (Å²) in [4.78, 5) is 22.1. The molecule has 0 aromatic carbocycles. The standard InChI is InChI=1S/C13H22IN3O2/c1-14(16-9-6-7-10-16)13(15(2)3)19-17-11-5-4-8-12(17)18/h4-5,8,11,13H,6-7,9-10H2,1-3H3. The molecule has 1 aromatic rings. The van der Waals surface area contributed by atoms with Crippen molar-refractivity contribution >= 4 is 20.1 Å². The van der Waals surface area contributed by atoms with Crippen molar-refractivity contribution in [3.63, 3.8) is 0 Å². The van der Waals surface area contributed by atoms with Crippen LogP contribution in [0.5, 0.6) is 0 Å². The average molecular weight is 379 g/mol. The Hall–Kier alpha value is -0.600. The average Bonchev–Trinajstić information content (AvgIpc) is 2.90. The molecule has 1 atom stereocenters. The molecule has 2 heterocycles. The van der Waals surface area contributed by atoms with E-state index in [0.29, 0.717) is 0 Å². The first kappa shape index (κ1) is 14.8. The normalized spacial score (nSPS) is 18.6. The van der Waals surface area contributed by atoms with E-state index in [1.165, 1.54) is 36.7 Å². The molecule has 0 N–H and O–H groups in total. The third-order valence-electron chi connectivity index (χ3n) is 3.09. The second-order valence-corrected chi connectivity index (χ2v) is 10.0. The zero-order valence-electron chi connectivity index (χ0n) is 11.8. The molecule has 0 amide bonds. The summed E-state index contributed by atoms with van der Waals surface area (Å²) in [6.07, 6.45) is 4.26. The minimum absolute atomic E-state index is 0.0161. The molecule has 0 bridgehead atoms. The third kappa shape index (κ3) is 3.70. The summed E-state index contributed by atoms with van der Waals surface area (Å²) >= 11 is -1.43. The van der Waals surface area contributed by atoms with Gasteiger partial charge in [-0.2, -0.15) is 0 Å². The number of hydrogen-bond donors (Lipinski definition) is 0. The molecule has 1 unspecified atom stereocenters. The van der Waals surface area contributed by atoms with E-state index in [2.05, 4.69) is 12.9 Å². The summed E-state index contributed by atoms with van der Waals surface area (Å²) in [5, 5.41) is 0. The fourth-order valence-corrected chi connectivity index (χ4v) is 7.16. The summed E-state index contributed by atoms with van der Waals surface area (Å²) in [5.74, 6) is 0. The second kappa shape index (κ2) is 6.71. The predicted octanol–water partition coefficient (Wildman–Crippen LogP) is 1.27. The van der Waals surface area contributed by atoms with Crippen LogP contribution < -0.4 is 10.4 Å². The summed E-state index contributed by atoms with van der Waals surface area (Å²) in [5.41, 5.74) is -0.111. The molecule has 2 rings (SSSR count). The van der Waals surface area contributed by atoms with Gasteiger partial charge in [-0.05, 0) is 0 Å². The van der Waals surface area contributed by atoms with Gasteiger partial charge in [0, 0.05) is 0 Å². The summed E-state index contributed by atoms with van der Waals surface area (Å²) in [7, 11) is 4.03. The van der Waals surface area contributed by atoms with Crippen LogP contribution in [0.15, 0.2) is 29.2 Å². The Morgan fingerprint density at radius 1 is 1.32 bits per heavy atom. The number of nitrogens with zero attached hydrogens (tertiary/aromatic N) is 3. The van der Waals surface area contributed by atoms with Gasteiger partial charge in [0.1, 0.15) is 0 Å².